The summed E-state index contributed by atoms with van der Waals surface area (Å²) in [6.45, 7) is 7.96. The maximum atomic E-state index is 11.6. The number of carbonyl (C=O) groups is 2. The maximum absolute atomic E-state index is 11.6. The first-order chi connectivity index (χ1) is 11.4. The normalized spacial score (nSPS) is 30.0. The molecule has 0 bridgehead atoms. The molecular formula is C17H32N2O5. The average Bonchev–Trinajstić information content (AvgIpc) is 2.51. The van der Waals surface area contributed by atoms with Crippen LogP contribution in [-0.2, 0) is 23.8 Å². The van der Waals surface area contributed by atoms with Crippen molar-refractivity contribution < 1.29 is 23.8 Å². The Hall–Kier alpha value is -1.18. The van der Waals surface area contributed by atoms with Crippen molar-refractivity contribution in [3.05, 3.63) is 0 Å². The zero-order valence-electron chi connectivity index (χ0n) is 15.2. The lowest BCUT2D eigenvalue weighted by Gasteiger charge is -2.44. The minimum atomic E-state index is -0.628. The Morgan fingerprint density at radius 3 is 2.46 bits per heavy atom. The van der Waals surface area contributed by atoms with Crippen LogP contribution in [0.25, 0.3) is 0 Å². The lowest BCUT2D eigenvalue weighted by atomic mass is 9.87. The second-order valence-corrected chi connectivity index (χ2v) is 6.33. The van der Waals surface area contributed by atoms with Crippen LogP contribution in [0.3, 0.4) is 0 Å². The van der Waals surface area contributed by atoms with Gasteiger partial charge in [-0.3, -0.25) is 9.59 Å². The number of ether oxygens (including phenoxy) is 3. The van der Waals surface area contributed by atoms with Gasteiger partial charge in [-0.05, 0) is 32.2 Å². The molecule has 1 fully saturated rings. The number of nitrogens with one attached hydrogen (secondary N) is 1. The summed E-state index contributed by atoms with van der Waals surface area (Å²) in [7, 11) is 0. The fourth-order valence-corrected chi connectivity index (χ4v) is 3.07. The molecule has 7 heteroatoms. The standard InChI is InChI=1S/C17H32N2O5/c1-5-14-11(2)16(23-13(4)21)15(19-12(3)20)17(24-14)22-10-8-6-7-9-18/h11,14-17H,5-10,18H2,1-4H3,(H,19,20)/t11-,14+,15-,16-,17+/m0/s1. The highest BCUT2D eigenvalue weighted by atomic mass is 16.7. The molecule has 5 atom stereocenters. The lowest BCUT2D eigenvalue weighted by molar-refractivity contribution is -0.253. The molecule has 0 aromatic carbocycles. The molecule has 0 saturated carbocycles. The van der Waals surface area contributed by atoms with E-state index in [9.17, 15) is 9.59 Å². The minimum absolute atomic E-state index is 0.0344. The molecule has 0 aliphatic carbocycles. The van der Waals surface area contributed by atoms with E-state index in [1.54, 1.807) is 0 Å². The van der Waals surface area contributed by atoms with Crippen LogP contribution < -0.4 is 11.1 Å². The largest absolute Gasteiger partial charge is 0.460 e. The van der Waals surface area contributed by atoms with Crippen LogP contribution in [0.4, 0.5) is 0 Å². The molecule has 0 spiro atoms. The first-order valence-electron chi connectivity index (χ1n) is 8.82. The van der Waals surface area contributed by atoms with E-state index in [0.29, 0.717) is 13.2 Å². The molecule has 0 unspecified atom stereocenters. The zero-order chi connectivity index (χ0) is 18.1. The predicted octanol–water partition coefficient (Wildman–Crippen LogP) is 1.34. The van der Waals surface area contributed by atoms with E-state index < -0.39 is 18.4 Å². The van der Waals surface area contributed by atoms with Crippen LogP contribution in [-0.4, -0.2) is 49.6 Å². The van der Waals surface area contributed by atoms with Gasteiger partial charge in [0.2, 0.25) is 5.91 Å². The summed E-state index contributed by atoms with van der Waals surface area (Å²) in [5, 5.41) is 2.83. The van der Waals surface area contributed by atoms with E-state index in [-0.39, 0.29) is 23.9 Å². The van der Waals surface area contributed by atoms with Crippen molar-refractivity contribution in [1.82, 2.24) is 5.32 Å². The van der Waals surface area contributed by atoms with Crippen LogP contribution in [0.2, 0.25) is 0 Å². The number of hydrogen-bond donors (Lipinski definition) is 2. The van der Waals surface area contributed by atoms with E-state index in [1.165, 1.54) is 13.8 Å². The van der Waals surface area contributed by atoms with Crippen molar-refractivity contribution >= 4 is 11.9 Å². The second kappa shape index (κ2) is 10.6. The summed E-state index contributed by atoms with van der Waals surface area (Å²) in [5.74, 6) is -0.617. The van der Waals surface area contributed by atoms with Gasteiger partial charge < -0.3 is 25.3 Å². The molecule has 1 amide bonds. The molecule has 0 radical (unpaired) electrons. The molecule has 7 nitrogen and oxygen atoms in total. The number of nitrogens with two attached hydrogens (primary N) is 1. The fraction of sp³-hybridized carbons (Fsp3) is 0.882. The lowest BCUT2D eigenvalue weighted by Crippen LogP contribution is -2.62. The summed E-state index contributed by atoms with van der Waals surface area (Å²) in [5.41, 5.74) is 5.49. The highest BCUT2D eigenvalue weighted by Crippen LogP contribution is 2.31. The Morgan fingerprint density at radius 1 is 1.21 bits per heavy atom. The van der Waals surface area contributed by atoms with Gasteiger partial charge in [-0.15, -0.1) is 0 Å². The quantitative estimate of drug-likeness (QED) is 0.484. The number of carbonyl (C=O) groups excluding carboxylic acids is 2. The third-order valence-electron chi connectivity index (χ3n) is 4.27. The van der Waals surface area contributed by atoms with Gasteiger partial charge >= 0.3 is 5.97 Å². The molecule has 3 N–H and O–H groups in total. The van der Waals surface area contributed by atoms with Crippen molar-refractivity contribution in [2.75, 3.05) is 13.2 Å². The number of esters is 1. The molecule has 140 valence electrons. The van der Waals surface area contributed by atoms with Crippen molar-refractivity contribution in [2.24, 2.45) is 11.7 Å². The number of amides is 1. The van der Waals surface area contributed by atoms with Gasteiger partial charge in [0.15, 0.2) is 6.29 Å². The van der Waals surface area contributed by atoms with Gasteiger partial charge in [-0.2, -0.15) is 0 Å². The first-order valence-corrected chi connectivity index (χ1v) is 8.82. The molecule has 1 saturated heterocycles. The van der Waals surface area contributed by atoms with Crippen LogP contribution in [0, 0.1) is 5.92 Å². The molecule has 1 aliphatic rings. The minimum Gasteiger partial charge on any atom is -0.460 e. The monoisotopic (exact) mass is 344 g/mol. The Bertz CT molecular complexity index is 404. The number of hydrogen-bond acceptors (Lipinski definition) is 6. The topological polar surface area (TPSA) is 99.9 Å². The van der Waals surface area contributed by atoms with Gasteiger partial charge in [0, 0.05) is 26.4 Å². The van der Waals surface area contributed by atoms with E-state index >= 15 is 0 Å². The summed E-state index contributed by atoms with van der Waals surface area (Å²) in [6, 6.07) is -0.515. The van der Waals surface area contributed by atoms with Crippen molar-refractivity contribution in [1.29, 1.82) is 0 Å². The van der Waals surface area contributed by atoms with E-state index in [2.05, 4.69) is 5.32 Å². The van der Waals surface area contributed by atoms with Gasteiger partial charge in [-0.25, -0.2) is 0 Å². The summed E-state index contributed by atoms with van der Waals surface area (Å²) in [4.78, 5) is 23.1. The maximum Gasteiger partial charge on any atom is 0.302 e. The van der Waals surface area contributed by atoms with Crippen molar-refractivity contribution in [3.8, 4) is 0 Å². The molecule has 24 heavy (non-hydrogen) atoms. The molecule has 1 aliphatic heterocycles. The van der Waals surface area contributed by atoms with Crippen molar-refractivity contribution in [3.63, 3.8) is 0 Å². The first kappa shape index (κ1) is 20.9. The van der Waals surface area contributed by atoms with Gasteiger partial charge in [0.1, 0.15) is 12.1 Å². The predicted molar refractivity (Wildman–Crippen MR) is 90.1 cm³/mol. The average molecular weight is 344 g/mol. The Balaban J connectivity index is 2.81. The summed E-state index contributed by atoms with van der Waals surface area (Å²) < 4.78 is 17.4. The van der Waals surface area contributed by atoms with Gasteiger partial charge in [0.05, 0.1) is 6.10 Å². The Morgan fingerprint density at radius 2 is 1.92 bits per heavy atom. The zero-order valence-corrected chi connectivity index (χ0v) is 15.2. The van der Waals surface area contributed by atoms with Crippen LogP contribution in [0.5, 0.6) is 0 Å². The smallest absolute Gasteiger partial charge is 0.302 e. The Kier molecular flexibility index (Phi) is 9.25. The summed E-state index contributed by atoms with van der Waals surface area (Å²) >= 11 is 0. The highest BCUT2D eigenvalue weighted by Gasteiger charge is 2.46. The van der Waals surface area contributed by atoms with E-state index in [0.717, 1.165) is 25.7 Å². The number of rotatable bonds is 9. The molecule has 1 rings (SSSR count). The van der Waals surface area contributed by atoms with Crippen molar-refractivity contribution in [2.45, 2.75) is 77.9 Å². The Labute approximate surface area is 144 Å². The van der Waals surface area contributed by atoms with Gasteiger partial charge in [0.25, 0.3) is 0 Å². The third-order valence-corrected chi connectivity index (χ3v) is 4.27. The van der Waals surface area contributed by atoms with Crippen LogP contribution in [0.1, 0.15) is 53.4 Å². The molecular weight excluding hydrogens is 312 g/mol. The summed E-state index contributed by atoms with van der Waals surface area (Å²) in [6.07, 6.45) is 2.39. The number of unbranched alkanes of at least 4 members (excludes halogenated alkanes) is 2. The van der Waals surface area contributed by atoms with Gasteiger partial charge in [-0.1, -0.05) is 13.8 Å². The van der Waals surface area contributed by atoms with Crippen LogP contribution >= 0.6 is 0 Å². The highest BCUT2D eigenvalue weighted by molar-refractivity contribution is 5.73. The van der Waals surface area contributed by atoms with E-state index in [4.69, 9.17) is 19.9 Å². The second-order valence-electron chi connectivity index (χ2n) is 6.33. The van der Waals surface area contributed by atoms with E-state index in [1.807, 2.05) is 13.8 Å². The molecule has 0 aromatic rings. The SMILES string of the molecule is CC[C@H]1O[C@@H](OCCCCCN)[C@@H](NC(C)=O)[C@@H](OC(C)=O)[C@H]1C. The third kappa shape index (κ3) is 6.37. The molecule has 1 heterocycles. The molecule has 0 aromatic heterocycles. The van der Waals surface area contributed by atoms with Crippen LogP contribution in [0.15, 0.2) is 0 Å². The fourth-order valence-electron chi connectivity index (χ4n) is 3.07.